The van der Waals surface area contributed by atoms with Gasteiger partial charge in [-0.05, 0) is 26.2 Å². The SMILES string of the molecule is CCCNc1cc(C)nc(NCC2CCCO2)n1. The molecule has 0 bridgehead atoms. The Morgan fingerprint density at radius 1 is 1.39 bits per heavy atom. The van der Waals surface area contributed by atoms with Gasteiger partial charge in [-0.2, -0.15) is 4.98 Å². The maximum absolute atomic E-state index is 5.57. The standard InChI is InChI=1S/C13H22N4O/c1-3-6-14-12-8-10(2)16-13(17-12)15-9-11-5-4-7-18-11/h8,11H,3-7,9H2,1-2H3,(H2,14,15,16,17). The lowest BCUT2D eigenvalue weighted by Crippen LogP contribution is -2.20. The molecule has 1 aliphatic rings. The Labute approximate surface area is 108 Å². The molecule has 1 aromatic rings. The van der Waals surface area contributed by atoms with Gasteiger partial charge in [0.1, 0.15) is 5.82 Å². The fourth-order valence-electron chi connectivity index (χ4n) is 2.00. The largest absolute Gasteiger partial charge is 0.376 e. The Kier molecular flexibility index (Phi) is 4.75. The molecule has 2 N–H and O–H groups in total. The first kappa shape index (κ1) is 13.1. The zero-order chi connectivity index (χ0) is 12.8. The fraction of sp³-hybridized carbons (Fsp3) is 0.692. The molecule has 0 spiro atoms. The predicted molar refractivity (Wildman–Crippen MR) is 73.0 cm³/mol. The van der Waals surface area contributed by atoms with E-state index >= 15 is 0 Å². The predicted octanol–water partition coefficient (Wildman–Crippen LogP) is 2.20. The molecule has 1 aromatic heterocycles. The molecule has 5 nitrogen and oxygen atoms in total. The van der Waals surface area contributed by atoms with Crippen LogP contribution in [0, 0.1) is 6.92 Å². The number of hydrogen-bond acceptors (Lipinski definition) is 5. The number of aryl methyl sites for hydroxylation is 1. The molecule has 1 fully saturated rings. The van der Waals surface area contributed by atoms with Crippen LogP contribution < -0.4 is 10.6 Å². The topological polar surface area (TPSA) is 59.1 Å². The van der Waals surface area contributed by atoms with Crippen molar-refractivity contribution in [2.75, 3.05) is 30.3 Å². The van der Waals surface area contributed by atoms with E-state index in [0.29, 0.717) is 12.1 Å². The summed E-state index contributed by atoms with van der Waals surface area (Å²) in [6.07, 6.45) is 3.67. The molecule has 1 aliphatic heterocycles. The molecule has 2 rings (SSSR count). The van der Waals surface area contributed by atoms with Crippen LogP contribution in [0.25, 0.3) is 0 Å². The van der Waals surface area contributed by atoms with Crippen molar-refractivity contribution in [1.29, 1.82) is 0 Å². The number of rotatable bonds is 6. The summed E-state index contributed by atoms with van der Waals surface area (Å²) in [6.45, 7) is 6.72. The minimum absolute atomic E-state index is 0.307. The maximum atomic E-state index is 5.57. The molecule has 0 amide bonds. The van der Waals surface area contributed by atoms with E-state index in [0.717, 1.165) is 50.5 Å². The number of aromatic nitrogens is 2. The molecular formula is C13H22N4O. The van der Waals surface area contributed by atoms with Crippen LogP contribution in [-0.4, -0.2) is 35.8 Å². The van der Waals surface area contributed by atoms with Crippen LogP contribution in [0.15, 0.2) is 6.07 Å². The normalized spacial score (nSPS) is 18.9. The molecular weight excluding hydrogens is 228 g/mol. The van der Waals surface area contributed by atoms with Crippen molar-refractivity contribution in [3.63, 3.8) is 0 Å². The smallest absolute Gasteiger partial charge is 0.224 e. The Morgan fingerprint density at radius 2 is 2.28 bits per heavy atom. The van der Waals surface area contributed by atoms with Gasteiger partial charge in [-0.1, -0.05) is 6.92 Å². The van der Waals surface area contributed by atoms with Crippen LogP contribution >= 0.6 is 0 Å². The number of nitrogens with one attached hydrogen (secondary N) is 2. The number of ether oxygens (including phenoxy) is 1. The Bertz CT molecular complexity index is 377. The van der Waals surface area contributed by atoms with Gasteiger partial charge >= 0.3 is 0 Å². The quantitative estimate of drug-likeness (QED) is 0.810. The van der Waals surface area contributed by atoms with E-state index < -0.39 is 0 Å². The van der Waals surface area contributed by atoms with Crippen molar-refractivity contribution < 1.29 is 4.74 Å². The van der Waals surface area contributed by atoms with Crippen LogP contribution in [0.3, 0.4) is 0 Å². The summed E-state index contributed by atoms with van der Waals surface area (Å²) in [7, 11) is 0. The van der Waals surface area contributed by atoms with Gasteiger partial charge in [0, 0.05) is 31.5 Å². The number of nitrogens with zero attached hydrogens (tertiary/aromatic N) is 2. The van der Waals surface area contributed by atoms with Crippen LogP contribution in [-0.2, 0) is 4.74 Å². The Hall–Kier alpha value is -1.36. The first-order chi connectivity index (χ1) is 8.78. The minimum Gasteiger partial charge on any atom is -0.376 e. The summed E-state index contributed by atoms with van der Waals surface area (Å²) in [4.78, 5) is 8.83. The van der Waals surface area contributed by atoms with Gasteiger partial charge in [-0.15, -0.1) is 0 Å². The summed E-state index contributed by atoms with van der Waals surface area (Å²) >= 11 is 0. The molecule has 0 aromatic carbocycles. The molecule has 2 heterocycles. The van der Waals surface area contributed by atoms with Gasteiger partial charge in [-0.25, -0.2) is 4.98 Å². The summed E-state index contributed by atoms with van der Waals surface area (Å²) < 4.78 is 5.57. The summed E-state index contributed by atoms with van der Waals surface area (Å²) in [5.41, 5.74) is 0.971. The van der Waals surface area contributed by atoms with E-state index in [-0.39, 0.29) is 0 Å². The highest BCUT2D eigenvalue weighted by atomic mass is 16.5. The highest BCUT2D eigenvalue weighted by Crippen LogP contribution is 2.14. The zero-order valence-electron chi connectivity index (χ0n) is 11.2. The number of anilines is 2. The van der Waals surface area contributed by atoms with Gasteiger partial charge in [0.2, 0.25) is 5.95 Å². The summed E-state index contributed by atoms with van der Waals surface area (Å²) in [6, 6.07) is 1.97. The van der Waals surface area contributed by atoms with E-state index in [4.69, 9.17) is 4.74 Å². The van der Waals surface area contributed by atoms with Crippen molar-refractivity contribution in [1.82, 2.24) is 9.97 Å². The van der Waals surface area contributed by atoms with Gasteiger partial charge in [-0.3, -0.25) is 0 Å². The van der Waals surface area contributed by atoms with Crippen molar-refractivity contribution in [2.45, 2.75) is 39.2 Å². The minimum atomic E-state index is 0.307. The van der Waals surface area contributed by atoms with E-state index in [9.17, 15) is 0 Å². The average molecular weight is 250 g/mol. The van der Waals surface area contributed by atoms with E-state index in [1.807, 2.05) is 13.0 Å². The molecule has 18 heavy (non-hydrogen) atoms. The zero-order valence-corrected chi connectivity index (χ0v) is 11.2. The average Bonchev–Trinajstić information content (AvgIpc) is 2.86. The van der Waals surface area contributed by atoms with Crippen molar-refractivity contribution in [2.24, 2.45) is 0 Å². The molecule has 1 atom stereocenters. The number of hydrogen-bond donors (Lipinski definition) is 2. The maximum Gasteiger partial charge on any atom is 0.224 e. The first-order valence-corrected chi connectivity index (χ1v) is 6.73. The third-order valence-corrected chi connectivity index (χ3v) is 2.92. The van der Waals surface area contributed by atoms with Gasteiger partial charge in [0.25, 0.3) is 0 Å². The van der Waals surface area contributed by atoms with Gasteiger partial charge < -0.3 is 15.4 Å². The van der Waals surface area contributed by atoms with E-state index in [2.05, 4.69) is 27.5 Å². The third-order valence-electron chi connectivity index (χ3n) is 2.92. The highest BCUT2D eigenvalue weighted by Gasteiger charge is 2.15. The van der Waals surface area contributed by atoms with Crippen molar-refractivity contribution in [3.8, 4) is 0 Å². The van der Waals surface area contributed by atoms with Gasteiger partial charge in [0.15, 0.2) is 0 Å². The Balaban J connectivity index is 1.91. The van der Waals surface area contributed by atoms with Crippen LogP contribution in [0.5, 0.6) is 0 Å². The van der Waals surface area contributed by atoms with Crippen molar-refractivity contribution in [3.05, 3.63) is 11.8 Å². The first-order valence-electron chi connectivity index (χ1n) is 6.73. The molecule has 0 radical (unpaired) electrons. The van der Waals surface area contributed by atoms with Crippen molar-refractivity contribution >= 4 is 11.8 Å². The lowest BCUT2D eigenvalue weighted by molar-refractivity contribution is 0.120. The van der Waals surface area contributed by atoms with Gasteiger partial charge in [0.05, 0.1) is 6.10 Å². The molecule has 0 saturated carbocycles. The monoisotopic (exact) mass is 250 g/mol. The second kappa shape index (κ2) is 6.54. The second-order valence-electron chi connectivity index (χ2n) is 4.66. The molecule has 1 saturated heterocycles. The highest BCUT2D eigenvalue weighted by molar-refractivity contribution is 5.42. The Morgan fingerprint density at radius 3 is 3.00 bits per heavy atom. The molecule has 1 unspecified atom stereocenters. The van der Waals surface area contributed by atoms with Crippen LogP contribution in [0.1, 0.15) is 31.9 Å². The second-order valence-corrected chi connectivity index (χ2v) is 4.66. The van der Waals surface area contributed by atoms with Crippen LogP contribution in [0.2, 0.25) is 0 Å². The lowest BCUT2D eigenvalue weighted by Gasteiger charge is -2.12. The lowest BCUT2D eigenvalue weighted by atomic mass is 10.2. The fourth-order valence-corrected chi connectivity index (χ4v) is 2.00. The van der Waals surface area contributed by atoms with Crippen LogP contribution in [0.4, 0.5) is 11.8 Å². The molecule has 0 aliphatic carbocycles. The summed E-state index contributed by atoms with van der Waals surface area (Å²) in [5.74, 6) is 1.57. The van der Waals surface area contributed by atoms with E-state index in [1.165, 1.54) is 0 Å². The summed E-state index contributed by atoms with van der Waals surface area (Å²) in [5, 5.41) is 6.54. The molecule has 100 valence electrons. The van der Waals surface area contributed by atoms with E-state index in [1.54, 1.807) is 0 Å². The third kappa shape index (κ3) is 3.84. The molecule has 5 heteroatoms.